The van der Waals surface area contributed by atoms with Crippen molar-refractivity contribution in [1.82, 2.24) is 4.90 Å². The Morgan fingerprint density at radius 2 is 1.65 bits per heavy atom. The van der Waals surface area contributed by atoms with Crippen molar-refractivity contribution in [3.8, 4) is 11.1 Å². The first-order valence-electron chi connectivity index (χ1n) is 12.0. The minimum Gasteiger partial charge on any atom is -0.462 e. The summed E-state index contributed by atoms with van der Waals surface area (Å²) in [5.41, 5.74) is 5.61. The SMILES string of the molecule is CCOC(=O)c1ccc(N2CCC(C(c3ccccc3-c3ccc(Cl)cc3)N(C)C)CC2)cc1. The number of rotatable bonds is 7. The lowest BCUT2D eigenvalue weighted by Crippen LogP contribution is -2.39. The number of carbonyl (C=O) groups is 1. The number of piperidine rings is 1. The van der Waals surface area contributed by atoms with Gasteiger partial charge in [0.05, 0.1) is 12.2 Å². The summed E-state index contributed by atoms with van der Waals surface area (Å²) < 4.78 is 5.10. The summed E-state index contributed by atoms with van der Waals surface area (Å²) in [6.07, 6.45) is 2.22. The fourth-order valence-electron chi connectivity index (χ4n) is 5.10. The van der Waals surface area contributed by atoms with E-state index < -0.39 is 0 Å². The van der Waals surface area contributed by atoms with E-state index >= 15 is 0 Å². The molecular weight excluding hydrogens is 444 g/mol. The van der Waals surface area contributed by atoms with Crippen LogP contribution in [0, 0.1) is 5.92 Å². The third kappa shape index (κ3) is 5.45. The van der Waals surface area contributed by atoms with Gasteiger partial charge in [0.2, 0.25) is 0 Å². The third-order valence-electron chi connectivity index (χ3n) is 6.72. The zero-order valence-electron chi connectivity index (χ0n) is 20.2. The molecule has 0 N–H and O–H groups in total. The van der Waals surface area contributed by atoms with Gasteiger partial charge < -0.3 is 14.5 Å². The summed E-state index contributed by atoms with van der Waals surface area (Å²) in [5, 5.41) is 0.757. The molecule has 4 nitrogen and oxygen atoms in total. The highest BCUT2D eigenvalue weighted by atomic mass is 35.5. The lowest BCUT2D eigenvalue weighted by atomic mass is 9.81. The zero-order chi connectivity index (χ0) is 24.1. The van der Waals surface area contributed by atoms with Gasteiger partial charge in [-0.2, -0.15) is 0 Å². The maximum absolute atomic E-state index is 11.9. The van der Waals surface area contributed by atoms with Crippen LogP contribution in [0.3, 0.4) is 0 Å². The van der Waals surface area contributed by atoms with Crippen molar-refractivity contribution in [1.29, 1.82) is 0 Å². The van der Waals surface area contributed by atoms with Crippen LogP contribution >= 0.6 is 11.6 Å². The highest BCUT2D eigenvalue weighted by Crippen LogP contribution is 2.40. The molecule has 5 heteroatoms. The first-order valence-corrected chi connectivity index (χ1v) is 12.4. The molecule has 0 aromatic heterocycles. The Kier molecular flexibility index (Phi) is 7.91. The quantitative estimate of drug-likeness (QED) is 0.355. The summed E-state index contributed by atoms with van der Waals surface area (Å²) in [4.78, 5) is 16.7. The van der Waals surface area contributed by atoms with Crippen molar-refractivity contribution in [2.75, 3.05) is 38.7 Å². The van der Waals surface area contributed by atoms with Gasteiger partial charge in [0, 0.05) is 29.8 Å². The molecule has 0 aliphatic carbocycles. The monoisotopic (exact) mass is 476 g/mol. The van der Waals surface area contributed by atoms with Crippen LogP contribution in [0.5, 0.6) is 0 Å². The van der Waals surface area contributed by atoms with Crippen LogP contribution in [0.25, 0.3) is 11.1 Å². The van der Waals surface area contributed by atoms with Crippen molar-refractivity contribution < 1.29 is 9.53 Å². The van der Waals surface area contributed by atoms with Gasteiger partial charge in [-0.15, -0.1) is 0 Å². The van der Waals surface area contributed by atoms with Crippen LogP contribution in [-0.2, 0) is 4.74 Å². The lowest BCUT2D eigenvalue weighted by molar-refractivity contribution is 0.0526. The minimum atomic E-state index is -0.263. The Morgan fingerprint density at radius 3 is 2.26 bits per heavy atom. The van der Waals surface area contributed by atoms with E-state index in [-0.39, 0.29) is 5.97 Å². The van der Waals surface area contributed by atoms with Crippen molar-refractivity contribution in [3.63, 3.8) is 0 Å². The maximum Gasteiger partial charge on any atom is 0.338 e. The second-order valence-electron chi connectivity index (χ2n) is 9.09. The molecule has 0 amide bonds. The Morgan fingerprint density at radius 1 is 1.00 bits per heavy atom. The predicted octanol–water partition coefficient (Wildman–Crippen LogP) is 6.70. The van der Waals surface area contributed by atoms with Crippen LogP contribution in [0.2, 0.25) is 5.02 Å². The van der Waals surface area contributed by atoms with Crippen LogP contribution < -0.4 is 4.90 Å². The maximum atomic E-state index is 11.9. The largest absolute Gasteiger partial charge is 0.462 e. The molecule has 4 rings (SSSR count). The van der Waals surface area contributed by atoms with Gasteiger partial charge in [-0.25, -0.2) is 4.79 Å². The molecule has 178 valence electrons. The molecular formula is C29H33ClN2O2. The van der Waals surface area contributed by atoms with Gasteiger partial charge in [-0.05, 0) is 92.9 Å². The Bertz CT molecular complexity index is 1090. The zero-order valence-corrected chi connectivity index (χ0v) is 21.0. The van der Waals surface area contributed by atoms with Crippen LogP contribution in [0.1, 0.15) is 41.7 Å². The van der Waals surface area contributed by atoms with E-state index in [9.17, 15) is 4.79 Å². The molecule has 1 saturated heterocycles. The van der Waals surface area contributed by atoms with Gasteiger partial charge in [-0.3, -0.25) is 0 Å². The van der Waals surface area contributed by atoms with Gasteiger partial charge in [0.15, 0.2) is 0 Å². The van der Waals surface area contributed by atoms with Gasteiger partial charge in [0.25, 0.3) is 0 Å². The third-order valence-corrected chi connectivity index (χ3v) is 6.97. The molecule has 3 aromatic rings. The average Bonchev–Trinajstić information content (AvgIpc) is 2.86. The van der Waals surface area contributed by atoms with Gasteiger partial charge >= 0.3 is 5.97 Å². The number of benzene rings is 3. The fraction of sp³-hybridized carbons (Fsp3) is 0.345. The van der Waals surface area contributed by atoms with Crippen molar-refractivity contribution in [3.05, 3.63) is 88.9 Å². The molecule has 1 aliphatic rings. The van der Waals surface area contributed by atoms with E-state index in [1.54, 1.807) is 0 Å². The Balaban J connectivity index is 1.50. The molecule has 1 atom stereocenters. The lowest BCUT2D eigenvalue weighted by Gasteiger charge is -2.40. The van der Waals surface area contributed by atoms with E-state index in [4.69, 9.17) is 16.3 Å². The summed E-state index contributed by atoms with van der Waals surface area (Å²) >= 11 is 6.14. The summed E-state index contributed by atoms with van der Waals surface area (Å²) in [5.74, 6) is 0.291. The molecule has 34 heavy (non-hydrogen) atoms. The van der Waals surface area contributed by atoms with Gasteiger partial charge in [-0.1, -0.05) is 48.0 Å². The molecule has 0 spiro atoms. The molecule has 1 unspecified atom stereocenters. The van der Waals surface area contributed by atoms with Crippen LogP contribution in [0.15, 0.2) is 72.8 Å². The van der Waals surface area contributed by atoms with E-state index in [0.717, 1.165) is 36.6 Å². The molecule has 1 aliphatic heterocycles. The smallest absolute Gasteiger partial charge is 0.338 e. The average molecular weight is 477 g/mol. The number of carbonyl (C=O) groups excluding carboxylic acids is 1. The Hall–Kier alpha value is -2.82. The second kappa shape index (κ2) is 11.1. The number of halogens is 1. The molecule has 3 aromatic carbocycles. The van der Waals surface area contributed by atoms with Crippen LogP contribution in [0.4, 0.5) is 5.69 Å². The van der Waals surface area contributed by atoms with E-state index in [1.165, 1.54) is 16.7 Å². The van der Waals surface area contributed by atoms with Crippen molar-refractivity contribution in [2.45, 2.75) is 25.8 Å². The van der Waals surface area contributed by atoms with Gasteiger partial charge in [0.1, 0.15) is 0 Å². The molecule has 0 radical (unpaired) electrons. The number of anilines is 1. The van der Waals surface area contributed by atoms with E-state index in [1.807, 2.05) is 43.3 Å². The first-order chi connectivity index (χ1) is 16.5. The summed E-state index contributed by atoms with van der Waals surface area (Å²) in [6, 6.07) is 25.0. The van der Waals surface area contributed by atoms with E-state index in [2.05, 4.69) is 60.3 Å². The van der Waals surface area contributed by atoms with Crippen molar-refractivity contribution in [2.24, 2.45) is 5.92 Å². The van der Waals surface area contributed by atoms with Crippen molar-refractivity contribution >= 4 is 23.3 Å². The standard InChI is InChI=1S/C29H33ClN2O2/c1-4-34-29(33)23-11-15-25(16-12-23)32-19-17-22(18-20-32)28(31(2)3)27-8-6-5-7-26(27)21-9-13-24(30)14-10-21/h5-16,22,28H,4,17-20H2,1-3H3. The number of nitrogens with zero attached hydrogens (tertiary/aromatic N) is 2. The van der Waals surface area contributed by atoms with Crippen LogP contribution in [-0.4, -0.2) is 44.7 Å². The normalized spacial score (nSPS) is 15.4. The number of ether oxygens (including phenoxy) is 1. The number of hydrogen-bond donors (Lipinski definition) is 0. The molecule has 0 saturated carbocycles. The summed E-state index contributed by atoms with van der Waals surface area (Å²) in [6.45, 7) is 4.21. The van der Waals surface area contributed by atoms with E-state index in [0.29, 0.717) is 24.1 Å². The Labute approximate surface area is 208 Å². The fourth-order valence-corrected chi connectivity index (χ4v) is 5.22. The minimum absolute atomic E-state index is 0.263. The number of hydrogen-bond acceptors (Lipinski definition) is 4. The molecule has 1 heterocycles. The topological polar surface area (TPSA) is 32.8 Å². The first kappa shape index (κ1) is 24.3. The number of esters is 1. The summed E-state index contributed by atoms with van der Waals surface area (Å²) in [7, 11) is 4.37. The highest BCUT2D eigenvalue weighted by Gasteiger charge is 2.30. The molecule has 1 fully saturated rings. The predicted molar refractivity (Wildman–Crippen MR) is 141 cm³/mol. The second-order valence-corrected chi connectivity index (χ2v) is 9.53. The molecule has 0 bridgehead atoms. The highest BCUT2D eigenvalue weighted by molar-refractivity contribution is 6.30.